The highest BCUT2D eigenvalue weighted by Crippen LogP contribution is 2.37. The van der Waals surface area contributed by atoms with Crippen LogP contribution in [0.2, 0.25) is 0 Å². The molecule has 3 unspecified atom stereocenters. The van der Waals surface area contributed by atoms with E-state index >= 15 is 0 Å². The van der Waals surface area contributed by atoms with E-state index in [1.807, 2.05) is 0 Å². The second-order valence-corrected chi connectivity index (χ2v) is 6.16. The Labute approximate surface area is 135 Å². The molecule has 0 spiro atoms. The average molecular weight is 306 g/mol. The molecule has 2 rings (SSSR count). The molecule has 1 saturated heterocycles. The first kappa shape index (κ1) is 17.1. The minimum atomic E-state index is 0.441. The van der Waals surface area contributed by atoms with Crippen molar-refractivity contribution in [2.75, 3.05) is 13.2 Å². The van der Waals surface area contributed by atoms with E-state index in [4.69, 9.17) is 14.2 Å². The topological polar surface area (TPSA) is 31.0 Å². The number of epoxide rings is 1. The van der Waals surface area contributed by atoms with Crippen LogP contribution in [0.15, 0.2) is 18.2 Å². The summed E-state index contributed by atoms with van der Waals surface area (Å²) < 4.78 is 17.4. The van der Waals surface area contributed by atoms with Crippen molar-refractivity contribution in [2.24, 2.45) is 0 Å². The largest absolute Gasteiger partial charge is 0.490 e. The molecule has 0 aromatic heterocycles. The maximum absolute atomic E-state index is 5.88. The fraction of sp³-hybridized carbons (Fsp3) is 0.684. The van der Waals surface area contributed by atoms with Crippen LogP contribution in [-0.2, 0) is 4.74 Å². The summed E-state index contributed by atoms with van der Waals surface area (Å²) in [5, 5.41) is 0. The molecule has 22 heavy (non-hydrogen) atoms. The van der Waals surface area contributed by atoms with Crippen molar-refractivity contribution >= 4 is 0 Å². The van der Waals surface area contributed by atoms with Crippen molar-refractivity contribution in [3.05, 3.63) is 23.8 Å². The van der Waals surface area contributed by atoms with Crippen molar-refractivity contribution in [1.82, 2.24) is 0 Å². The van der Waals surface area contributed by atoms with Crippen LogP contribution in [0.5, 0.6) is 11.5 Å². The summed E-state index contributed by atoms with van der Waals surface area (Å²) in [5.74, 6) is 2.22. The normalized spacial score (nSPS) is 21.5. The molecule has 3 atom stereocenters. The lowest BCUT2D eigenvalue weighted by Gasteiger charge is -2.16. The van der Waals surface area contributed by atoms with Gasteiger partial charge in [-0.15, -0.1) is 0 Å². The van der Waals surface area contributed by atoms with E-state index in [-0.39, 0.29) is 0 Å². The Hall–Kier alpha value is -1.22. The molecule has 124 valence electrons. The van der Waals surface area contributed by atoms with Crippen LogP contribution in [-0.4, -0.2) is 25.4 Å². The molecule has 1 aliphatic rings. The highest BCUT2D eigenvalue weighted by molar-refractivity contribution is 5.44. The maximum atomic E-state index is 5.88. The van der Waals surface area contributed by atoms with Gasteiger partial charge in [0.15, 0.2) is 11.5 Å². The Morgan fingerprint density at radius 1 is 1.00 bits per heavy atom. The first-order valence-electron chi connectivity index (χ1n) is 8.74. The van der Waals surface area contributed by atoms with Crippen molar-refractivity contribution in [3.8, 4) is 11.5 Å². The van der Waals surface area contributed by atoms with Crippen molar-refractivity contribution < 1.29 is 14.2 Å². The SMILES string of the molecule is CCCOc1ccc(C(C)CC2OC2CC)cc1OCCC. The summed E-state index contributed by atoms with van der Waals surface area (Å²) >= 11 is 0. The molecule has 3 nitrogen and oxygen atoms in total. The second-order valence-electron chi connectivity index (χ2n) is 6.16. The fourth-order valence-corrected chi connectivity index (χ4v) is 2.72. The number of benzene rings is 1. The van der Waals surface area contributed by atoms with Gasteiger partial charge in [0, 0.05) is 0 Å². The minimum absolute atomic E-state index is 0.441. The Morgan fingerprint density at radius 2 is 1.68 bits per heavy atom. The molecule has 0 amide bonds. The number of hydrogen-bond donors (Lipinski definition) is 0. The highest BCUT2D eigenvalue weighted by atomic mass is 16.6. The van der Waals surface area contributed by atoms with E-state index in [2.05, 4.69) is 45.9 Å². The number of ether oxygens (including phenoxy) is 3. The third kappa shape index (κ3) is 4.64. The average Bonchev–Trinajstić information content (AvgIpc) is 3.29. The van der Waals surface area contributed by atoms with Crippen molar-refractivity contribution in [3.63, 3.8) is 0 Å². The first-order chi connectivity index (χ1) is 10.7. The summed E-state index contributed by atoms with van der Waals surface area (Å²) in [7, 11) is 0. The Morgan fingerprint density at radius 3 is 2.27 bits per heavy atom. The molecule has 0 N–H and O–H groups in total. The molecule has 0 aliphatic carbocycles. The predicted octanol–water partition coefficient (Wildman–Crippen LogP) is 4.94. The van der Waals surface area contributed by atoms with Crippen LogP contribution in [0.3, 0.4) is 0 Å². The monoisotopic (exact) mass is 306 g/mol. The van der Waals surface area contributed by atoms with Gasteiger partial charge in [0.2, 0.25) is 0 Å². The molecule has 1 fully saturated rings. The highest BCUT2D eigenvalue weighted by Gasteiger charge is 2.37. The van der Waals surface area contributed by atoms with Crippen LogP contribution in [0, 0.1) is 0 Å². The summed E-state index contributed by atoms with van der Waals surface area (Å²) in [6, 6.07) is 6.37. The Kier molecular flexibility index (Phi) is 6.56. The second kappa shape index (κ2) is 8.42. The number of rotatable bonds is 10. The van der Waals surface area contributed by atoms with Gasteiger partial charge in [0.05, 0.1) is 25.4 Å². The van der Waals surface area contributed by atoms with E-state index in [1.165, 1.54) is 5.56 Å². The number of hydrogen-bond acceptors (Lipinski definition) is 3. The fourth-order valence-electron chi connectivity index (χ4n) is 2.72. The summed E-state index contributed by atoms with van der Waals surface area (Å²) in [4.78, 5) is 0. The van der Waals surface area contributed by atoms with E-state index in [1.54, 1.807) is 0 Å². The van der Waals surface area contributed by atoms with E-state index in [9.17, 15) is 0 Å². The smallest absolute Gasteiger partial charge is 0.161 e. The Balaban J connectivity index is 2.03. The minimum Gasteiger partial charge on any atom is -0.490 e. The summed E-state index contributed by atoms with van der Waals surface area (Å²) in [6.45, 7) is 10.1. The predicted molar refractivity (Wildman–Crippen MR) is 90.0 cm³/mol. The van der Waals surface area contributed by atoms with Gasteiger partial charge in [0.25, 0.3) is 0 Å². The summed E-state index contributed by atoms with van der Waals surface area (Å²) in [5.41, 5.74) is 1.31. The van der Waals surface area contributed by atoms with E-state index < -0.39 is 0 Å². The standard InChI is InChI=1S/C19H30O3/c1-5-10-20-17-9-8-15(13-18(17)21-11-6-2)14(4)12-19-16(7-3)22-19/h8-9,13-14,16,19H,5-7,10-12H2,1-4H3. The van der Waals surface area contributed by atoms with Gasteiger partial charge >= 0.3 is 0 Å². The molecule has 1 heterocycles. The molecule has 3 heteroatoms. The molecular formula is C19H30O3. The van der Waals surface area contributed by atoms with E-state index in [0.717, 1.165) is 50.4 Å². The molecule has 1 aromatic rings. The van der Waals surface area contributed by atoms with Crippen LogP contribution < -0.4 is 9.47 Å². The maximum Gasteiger partial charge on any atom is 0.161 e. The van der Waals surface area contributed by atoms with Crippen LogP contribution in [0.25, 0.3) is 0 Å². The van der Waals surface area contributed by atoms with Crippen LogP contribution >= 0.6 is 0 Å². The van der Waals surface area contributed by atoms with Gasteiger partial charge in [-0.25, -0.2) is 0 Å². The van der Waals surface area contributed by atoms with Gasteiger partial charge in [-0.3, -0.25) is 0 Å². The Bertz CT molecular complexity index is 458. The third-order valence-electron chi connectivity index (χ3n) is 4.14. The zero-order chi connectivity index (χ0) is 15.9. The lowest BCUT2D eigenvalue weighted by atomic mass is 9.94. The molecule has 0 saturated carbocycles. The molecule has 1 aliphatic heterocycles. The van der Waals surface area contributed by atoms with Crippen molar-refractivity contribution in [1.29, 1.82) is 0 Å². The molecule has 0 radical (unpaired) electrons. The van der Waals surface area contributed by atoms with Gasteiger partial charge in [-0.2, -0.15) is 0 Å². The van der Waals surface area contributed by atoms with Crippen LogP contribution in [0.4, 0.5) is 0 Å². The van der Waals surface area contributed by atoms with Gasteiger partial charge in [-0.05, 0) is 49.3 Å². The first-order valence-corrected chi connectivity index (χ1v) is 8.74. The lowest BCUT2D eigenvalue weighted by molar-refractivity contribution is 0.268. The van der Waals surface area contributed by atoms with Crippen LogP contribution in [0.1, 0.15) is 64.9 Å². The summed E-state index contributed by atoms with van der Waals surface area (Å²) in [6.07, 6.45) is 5.12. The zero-order valence-corrected chi connectivity index (χ0v) is 14.4. The molecular weight excluding hydrogens is 276 g/mol. The van der Waals surface area contributed by atoms with Gasteiger partial charge in [0.1, 0.15) is 0 Å². The zero-order valence-electron chi connectivity index (χ0n) is 14.4. The van der Waals surface area contributed by atoms with E-state index in [0.29, 0.717) is 18.1 Å². The van der Waals surface area contributed by atoms with Gasteiger partial charge < -0.3 is 14.2 Å². The van der Waals surface area contributed by atoms with Crippen molar-refractivity contribution in [2.45, 2.75) is 71.5 Å². The lowest BCUT2D eigenvalue weighted by Crippen LogP contribution is -2.04. The molecule has 1 aromatic carbocycles. The third-order valence-corrected chi connectivity index (χ3v) is 4.14. The van der Waals surface area contributed by atoms with Gasteiger partial charge in [-0.1, -0.05) is 33.8 Å². The molecule has 0 bridgehead atoms. The quantitative estimate of drug-likeness (QED) is 0.574.